The molecular weight excluding hydrogens is 490 g/mol. The minimum atomic E-state index is -0.400. The Morgan fingerprint density at radius 3 is 2.21 bits per heavy atom. The van der Waals surface area contributed by atoms with E-state index in [9.17, 15) is 14.7 Å². The Bertz CT molecular complexity index is 1300. The number of amides is 2. The molecule has 1 heterocycles. The maximum Gasteiger partial charge on any atom is 0.260 e. The van der Waals surface area contributed by atoms with E-state index in [1.165, 1.54) is 22.9 Å². The zero-order valence-electron chi connectivity index (χ0n) is 24.2. The summed E-state index contributed by atoms with van der Waals surface area (Å²) in [6, 6.07) is 16.2. The molecule has 0 radical (unpaired) electrons. The zero-order valence-corrected chi connectivity index (χ0v) is 24.2. The van der Waals surface area contributed by atoms with Crippen molar-refractivity contribution in [3.63, 3.8) is 0 Å². The molecule has 0 atom stereocenters. The fourth-order valence-corrected chi connectivity index (χ4v) is 4.03. The van der Waals surface area contributed by atoms with Gasteiger partial charge in [0.25, 0.3) is 11.8 Å². The minimum absolute atomic E-state index is 0.00514. The fraction of sp³-hybridized carbons (Fsp3) is 0.406. The molecule has 1 aromatic heterocycles. The number of nitrogens with zero attached hydrogens (tertiary/aromatic N) is 2. The van der Waals surface area contributed by atoms with Gasteiger partial charge in [0.1, 0.15) is 5.69 Å². The van der Waals surface area contributed by atoms with Crippen LogP contribution in [0.3, 0.4) is 0 Å². The second-order valence-electron chi connectivity index (χ2n) is 11.1. The number of aromatic nitrogens is 1. The highest BCUT2D eigenvalue weighted by atomic mass is 16.7. The Kier molecular flexibility index (Phi) is 9.38. The highest BCUT2D eigenvalue weighted by molar-refractivity contribution is 6.04. The number of pyridine rings is 1. The van der Waals surface area contributed by atoms with Gasteiger partial charge in [0, 0.05) is 23.6 Å². The molecule has 2 aromatic carbocycles. The first-order chi connectivity index (χ1) is 18.4. The van der Waals surface area contributed by atoms with Gasteiger partial charge in [0.05, 0.1) is 6.20 Å². The predicted molar refractivity (Wildman–Crippen MR) is 156 cm³/mol. The number of nitrogens with one attached hydrogen (secondary N) is 1. The summed E-state index contributed by atoms with van der Waals surface area (Å²) in [6.07, 6.45) is 4.15. The molecule has 0 aliphatic rings. The third-order valence-corrected chi connectivity index (χ3v) is 7.49. The Morgan fingerprint density at radius 2 is 1.62 bits per heavy atom. The van der Waals surface area contributed by atoms with Crippen LogP contribution in [0.15, 0.2) is 60.8 Å². The number of carbonyl (C=O) groups is 2. The lowest BCUT2D eigenvalue weighted by Crippen LogP contribution is -2.35. The van der Waals surface area contributed by atoms with Gasteiger partial charge in [-0.05, 0) is 53.9 Å². The number of carbonyl (C=O) groups excluding carboxylic acids is 2. The van der Waals surface area contributed by atoms with Gasteiger partial charge in [0.15, 0.2) is 17.3 Å². The molecule has 7 nitrogen and oxygen atoms in total. The fourth-order valence-electron chi connectivity index (χ4n) is 4.03. The third kappa shape index (κ3) is 6.96. The second-order valence-corrected chi connectivity index (χ2v) is 11.1. The van der Waals surface area contributed by atoms with Crippen LogP contribution in [0, 0.1) is 0 Å². The topological polar surface area (TPSA) is 91.8 Å². The van der Waals surface area contributed by atoms with Crippen molar-refractivity contribution in [3.8, 4) is 11.5 Å². The zero-order chi connectivity index (χ0) is 28.8. The molecule has 0 spiro atoms. The molecule has 39 heavy (non-hydrogen) atoms. The third-order valence-electron chi connectivity index (χ3n) is 7.49. The van der Waals surface area contributed by atoms with Crippen LogP contribution in [0.2, 0.25) is 0 Å². The molecule has 0 aliphatic carbocycles. The lowest BCUT2D eigenvalue weighted by atomic mass is 9.76. The molecule has 2 amide bonds. The normalized spacial score (nSPS) is 11.7. The van der Waals surface area contributed by atoms with Crippen molar-refractivity contribution < 1.29 is 19.5 Å². The summed E-state index contributed by atoms with van der Waals surface area (Å²) in [5, 5.41) is 14.5. The molecule has 0 fully saturated rings. The second kappa shape index (κ2) is 12.3. The van der Waals surface area contributed by atoms with Crippen LogP contribution in [0.4, 0.5) is 11.5 Å². The molecule has 0 aliphatic heterocycles. The first kappa shape index (κ1) is 29.7. The van der Waals surface area contributed by atoms with Gasteiger partial charge in [-0.15, -0.1) is 5.06 Å². The van der Waals surface area contributed by atoms with Crippen LogP contribution in [-0.4, -0.2) is 21.9 Å². The SMILES string of the molecule is CCCC(=O)N(Oc1ccc(C(C)(C)CC)cc1C(C)(C)CC)c1cnc(NC(=O)c2ccccc2)c(O)c1. The lowest BCUT2D eigenvalue weighted by molar-refractivity contribution is -0.122. The van der Waals surface area contributed by atoms with Crippen LogP contribution in [0.1, 0.15) is 95.6 Å². The Labute approximate surface area is 232 Å². The van der Waals surface area contributed by atoms with Crippen LogP contribution in [-0.2, 0) is 15.6 Å². The average Bonchev–Trinajstić information content (AvgIpc) is 2.93. The number of anilines is 2. The van der Waals surface area contributed by atoms with Gasteiger partial charge in [-0.3, -0.25) is 9.59 Å². The molecule has 208 valence electrons. The van der Waals surface area contributed by atoms with E-state index < -0.39 is 5.91 Å². The predicted octanol–water partition coefficient (Wildman–Crippen LogP) is 7.54. The van der Waals surface area contributed by atoms with Crippen molar-refractivity contribution in [3.05, 3.63) is 77.5 Å². The van der Waals surface area contributed by atoms with E-state index in [0.717, 1.165) is 18.4 Å². The monoisotopic (exact) mass is 531 g/mol. The molecule has 0 saturated carbocycles. The van der Waals surface area contributed by atoms with Crippen molar-refractivity contribution in [2.24, 2.45) is 0 Å². The van der Waals surface area contributed by atoms with Crippen LogP contribution < -0.4 is 15.2 Å². The van der Waals surface area contributed by atoms with Crippen LogP contribution >= 0.6 is 0 Å². The Morgan fingerprint density at radius 1 is 0.949 bits per heavy atom. The summed E-state index contributed by atoms with van der Waals surface area (Å²) in [5.41, 5.74) is 2.69. The van der Waals surface area contributed by atoms with E-state index >= 15 is 0 Å². The first-order valence-electron chi connectivity index (χ1n) is 13.6. The maximum absolute atomic E-state index is 13.2. The molecule has 0 bridgehead atoms. The average molecular weight is 532 g/mol. The summed E-state index contributed by atoms with van der Waals surface area (Å²) in [7, 11) is 0. The molecule has 3 rings (SSSR count). The lowest BCUT2D eigenvalue weighted by Gasteiger charge is -2.32. The van der Waals surface area contributed by atoms with E-state index in [1.54, 1.807) is 24.3 Å². The summed E-state index contributed by atoms with van der Waals surface area (Å²) >= 11 is 0. The van der Waals surface area contributed by atoms with Gasteiger partial charge >= 0.3 is 0 Å². The van der Waals surface area contributed by atoms with Crippen LogP contribution in [0.5, 0.6) is 11.5 Å². The van der Waals surface area contributed by atoms with Gasteiger partial charge in [-0.2, -0.15) is 0 Å². The van der Waals surface area contributed by atoms with E-state index in [2.05, 4.69) is 64.0 Å². The number of benzene rings is 2. The maximum atomic E-state index is 13.2. The molecule has 7 heteroatoms. The Balaban J connectivity index is 1.99. The molecule has 3 aromatic rings. The number of aromatic hydroxyl groups is 1. The molecule has 2 N–H and O–H groups in total. The van der Waals surface area contributed by atoms with E-state index in [-0.39, 0.29) is 40.4 Å². The summed E-state index contributed by atoms with van der Waals surface area (Å²) in [5.74, 6) is -0.373. The first-order valence-corrected chi connectivity index (χ1v) is 13.6. The van der Waals surface area contributed by atoms with E-state index in [4.69, 9.17) is 4.84 Å². The number of hydrogen-bond donors (Lipinski definition) is 2. The van der Waals surface area contributed by atoms with Crippen molar-refractivity contribution in [1.82, 2.24) is 4.98 Å². The standard InChI is InChI=1S/C32H41N3O4/c1-8-14-28(37)35(24-20-26(36)29(33-21-24)34-30(38)22-15-12-11-13-16-22)39-27-18-17-23(31(4,5)9-2)19-25(27)32(6,7)10-3/h11-13,15-21,36H,8-10,14H2,1-7H3,(H,33,34,38). The largest absolute Gasteiger partial charge is 0.504 e. The quantitative estimate of drug-likeness (QED) is 0.249. The Hall–Kier alpha value is -3.87. The van der Waals surface area contributed by atoms with E-state index in [0.29, 0.717) is 17.7 Å². The highest BCUT2D eigenvalue weighted by Crippen LogP contribution is 2.39. The smallest absolute Gasteiger partial charge is 0.260 e. The van der Waals surface area contributed by atoms with Crippen molar-refractivity contribution in [2.75, 3.05) is 10.4 Å². The van der Waals surface area contributed by atoms with Crippen molar-refractivity contribution in [2.45, 2.75) is 85.0 Å². The van der Waals surface area contributed by atoms with Gasteiger partial charge in [-0.25, -0.2) is 4.98 Å². The van der Waals surface area contributed by atoms with E-state index in [1.807, 2.05) is 19.1 Å². The van der Waals surface area contributed by atoms with Crippen molar-refractivity contribution >= 4 is 23.3 Å². The van der Waals surface area contributed by atoms with Gasteiger partial charge < -0.3 is 15.3 Å². The molecular formula is C32H41N3O4. The summed E-state index contributed by atoms with van der Waals surface area (Å²) in [6.45, 7) is 15.0. The number of hydroxylamine groups is 1. The molecule has 0 saturated heterocycles. The molecule has 0 unspecified atom stereocenters. The number of rotatable bonds is 11. The van der Waals surface area contributed by atoms with Gasteiger partial charge in [-0.1, -0.05) is 78.8 Å². The summed E-state index contributed by atoms with van der Waals surface area (Å²) in [4.78, 5) is 36.3. The van der Waals surface area contributed by atoms with Gasteiger partial charge in [0.2, 0.25) is 0 Å². The number of hydrogen-bond acceptors (Lipinski definition) is 5. The minimum Gasteiger partial charge on any atom is -0.504 e. The summed E-state index contributed by atoms with van der Waals surface area (Å²) < 4.78 is 0. The highest BCUT2D eigenvalue weighted by Gasteiger charge is 2.29. The van der Waals surface area contributed by atoms with Crippen molar-refractivity contribution in [1.29, 1.82) is 0 Å². The van der Waals surface area contributed by atoms with Crippen LogP contribution in [0.25, 0.3) is 0 Å².